The summed E-state index contributed by atoms with van der Waals surface area (Å²) in [5, 5.41) is 0.729. The highest BCUT2D eigenvalue weighted by Gasteiger charge is 2.08. The number of halogens is 1. The lowest BCUT2D eigenvalue weighted by Gasteiger charge is -2.08. The van der Waals surface area contributed by atoms with Crippen LogP contribution >= 0.6 is 15.9 Å². The molecule has 19 heavy (non-hydrogen) atoms. The highest BCUT2D eigenvalue weighted by atomic mass is 79.9. The third kappa shape index (κ3) is 2.66. The molecule has 0 fully saturated rings. The average molecular weight is 313 g/mol. The van der Waals surface area contributed by atoms with Gasteiger partial charge in [-0.3, -0.25) is 0 Å². The third-order valence-electron chi connectivity index (χ3n) is 3.07. The zero-order valence-corrected chi connectivity index (χ0v) is 12.0. The quantitative estimate of drug-likeness (QED) is 0.680. The van der Waals surface area contributed by atoms with Gasteiger partial charge in [-0.25, -0.2) is 9.97 Å². The van der Waals surface area contributed by atoms with Gasteiger partial charge in [0.05, 0.1) is 22.4 Å². The second kappa shape index (κ2) is 5.49. The van der Waals surface area contributed by atoms with E-state index in [1.165, 1.54) is 5.56 Å². The summed E-state index contributed by atoms with van der Waals surface area (Å²) in [6.45, 7) is 0. The molecule has 0 radical (unpaired) electrons. The number of nitrogens with zero attached hydrogens (tertiary/aromatic N) is 2. The smallest absolute Gasteiger partial charge is 0.0890 e. The van der Waals surface area contributed by atoms with Gasteiger partial charge < -0.3 is 0 Å². The van der Waals surface area contributed by atoms with E-state index in [4.69, 9.17) is 4.98 Å². The van der Waals surface area contributed by atoms with E-state index in [2.05, 4.69) is 45.2 Å². The maximum Gasteiger partial charge on any atom is 0.0890 e. The van der Waals surface area contributed by atoms with Gasteiger partial charge in [-0.1, -0.05) is 58.4 Å². The molecule has 0 atom stereocenters. The molecule has 94 valence electrons. The molecule has 1 heterocycles. The van der Waals surface area contributed by atoms with E-state index in [9.17, 15) is 0 Å². The molecule has 0 bridgehead atoms. The van der Waals surface area contributed by atoms with Crippen LogP contribution in [0.4, 0.5) is 0 Å². The van der Waals surface area contributed by atoms with E-state index in [-0.39, 0.29) is 0 Å². The molecule has 0 spiro atoms. The molecular formula is C16H13BrN2. The topological polar surface area (TPSA) is 25.8 Å². The summed E-state index contributed by atoms with van der Waals surface area (Å²) in [5.74, 6) is 0. The molecule has 3 heteroatoms. The Balaban J connectivity index is 2.06. The summed E-state index contributed by atoms with van der Waals surface area (Å²) in [5.41, 5.74) is 5.23. The van der Waals surface area contributed by atoms with E-state index in [1.54, 1.807) is 0 Å². The first-order chi connectivity index (χ1) is 9.36. The highest BCUT2D eigenvalue weighted by Crippen LogP contribution is 2.18. The third-order valence-corrected chi connectivity index (χ3v) is 3.60. The average Bonchev–Trinajstić information content (AvgIpc) is 2.47. The van der Waals surface area contributed by atoms with E-state index < -0.39 is 0 Å². The van der Waals surface area contributed by atoms with E-state index in [0.717, 1.165) is 34.2 Å². The highest BCUT2D eigenvalue weighted by molar-refractivity contribution is 9.08. The Morgan fingerprint density at radius 2 is 1.32 bits per heavy atom. The predicted molar refractivity (Wildman–Crippen MR) is 81.4 cm³/mol. The molecule has 1 aromatic heterocycles. The lowest BCUT2D eigenvalue weighted by molar-refractivity contribution is 1.01. The van der Waals surface area contributed by atoms with Gasteiger partial charge in [-0.2, -0.15) is 0 Å². The Hall–Kier alpha value is -1.74. The van der Waals surface area contributed by atoms with Crippen LogP contribution in [0.5, 0.6) is 0 Å². The summed E-state index contributed by atoms with van der Waals surface area (Å²) in [6, 6.07) is 18.4. The van der Waals surface area contributed by atoms with Crippen LogP contribution in [0.2, 0.25) is 0 Å². The molecule has 0 aliphatic carbocycles. The Labute approximate surface area is 120 Å². The molecule has 0 N–H and O–H groups in total. The van der Waals surface area contributed by atoms with E-state index in [0.29, 0.717) is 0 Å². The number of fused-ring (bicyclic) bond motifs is 1. The number of benzene rings is 2. The van der Waals surface area contributed by atoms with Crippen molar-refractivity contribution in [3.05, 3.63) is 71.5 Å². The summed E-state index contributed by atoms with van der Waals surface area (Å²) in [6.07, 6.45) is 0.819. The number of rotatable bonds is 3. The number of aromatic nitrogens is 2. The van der Waals surface area contributed by atoms with Crippen molar-refractivity contribution in [2.45, 2.75) is 11.8 Å². The van der Waals surface area contributed by atoms with Crippen LogP contribution in [0.3, 0.4) is 0 Å². The van der Waals surface area contributed by atoms with Crippen molar-refractivity contribution in [3.8, 4) is 0 Å². The molecule has 2 aromatic carbocycles. The zero-order valence-electron chi connectivity index (χ0n) is 10.4. The van der Waals surface area contributed by atoms with Gasteiger partial charge >= 0.3 is 0 Å². The fourth-order valence-electron chi connectivity index (χ4n) is 2.11. The summed E-state index contributed by atoms with van der Waals surface area (Å²) in [4.78, 5) is 9.43. The first-order valence-electron chi connectivity index (χ1n) is 6.21. The Morgan fingerprint density at radius 1 is 0.737 bits per heavy atom. The number of hydrogen-bond donors (Lipinski definition) is 0. The van der Waals surface area contributed by atoms with Gasteiger partial charge in [0.25, 0.3) is 0 Å². The second-order valence-electron chi connectivity index (χ2n) is 4.40. The fourth-order valence-corrected chi connectivity index (χ4v) is 2.56. The molecule has 0 amide bonds. The molecule has 0 saturated heterocycles. The predicted octanol–water partition coefficient (Wildman–Crippen LogP) is 4.12. The summed E-state index contributed by atoms with van der Waals surface area (Å²) < 4.78 is 0. The van der Waals surface area contributed by atoms with Crippen molar-refractivity contribution < 1.29 is 0 Å². The van der Waals surface area contributed by atoms with Crippen LogP contribution in [-0.2, 0) is 11.8 Å². The number of alkyl halides is 1. The van der Waals surface area contributed by atoms with Crippen LogP contribution in [-0.4, -0.2) is 9.97 Å². The molecule has 3 rings (SSSR count). The van der Waals surface area contributed by atoms with Crippen LogP contribution < -0.4 is 0 Å². The molecule has 3 aromatic rings. The van der Waals surface area contributed by atoms with Gasteiger partial charge in [-0.15, -0.1) is 0 Å². The molecular weight excluding hydrogens is 300 g/mol. The van der Waals surface area contributed by atoms with Crippen LogP contribution in [0.25, 0.3) is 11.0 Å². The minimum atomic E-state index is 0.729. The first kappa shape index (κ1) is 12.3. The molecule has 0 saturated carbocycles. The monoisotopic (exact) mass is 312 g/mol. The first-order valence-corrected chi connectivity index (χ1v) is 7.33. The van der Waals surface area contributed by atoms with Crippen molar-refractivity contribution in [1.82, 2.24) is 9.97 Å². The maximum absolute atomic E-state index is 4.75. The summed E-state index contributed by atoms with van der Waals surface area (Å²) in [7, 11) is 0. The van der Waals surface area contributed by atoms with Gasteiger partial charge in [0.15, 0.2) is 0 Å². The van der Waals surface area contributed by atoms with Crippen molar-refractivity contribution >= 4 is 27.0 Å². The Morgan fingerprint density at radius 3 is 1.95 bits per heavy atom. The number of hydrogen-bond acceptors (Lipinski definition) is 2. The van der Waals surface area contributed by atoms with E-state index in [1.807, 2.05) is 30.3 Å². The standard InChI is InChI=1S/C16H13BrN2/c17-11-16-15(10-12-6-2-1-3-7-12)18-13-8-4-5-9-14(13)19-16/h1-9H,10-11H2. The minimum absolute atomic E-state index is 0.729. The van der Waals surface area contributed by atoms with Crippen molar-refractivity contribution in [1.29, 1.82) is 0 Å². The summed E-state index contributed by atoms with van der Waals surface area (Å²) >= 11 is 3.50. The molecule has 0 aliphatic heterocycles. The van der Waals surface area contributed by atoms with Crippen LogP contribution in [0, 0.1) is 0 Å². The van der Waals surface area contributed by atoms with Crippen LogP contribution in [0.1, 0.15) is 17.0 Å². The normalized spacial score (nSPS) is 10.8. The lowest BCUT2D eigenvalue weighted by Crippen LogP contribution is -2.01. The molecule has 0 unspecified atom stereocenters. The van der Waals surface area contributed by atoms with Gasteiger partial charge in [0.2, 0.25) is 0 Å². The number of para-hydroxylation sites is 2. The van der Waals surface area contributed by atoms with Crippen LogP contribution in [0.15, 0.2) is 54.6 Å². The fraction of sp³-hybridized carbons (Fsp3) is 0.125. The van der Waals surface area contributed by atoms with Gasteiger partial charge in [0.1, 0.15) is 0 Å². The zero-order chi connectivity index (χ0) is 13.1. The van der Waals surface area contributed by atoms with E-state index >= 15 is 0 Å². The minimum Gasteiger partial charge on any atom is -0.249 e. The lowest BCUT2D eigenvalue weighted by atomic mass is 10.1. The van der Waals surface area contributed by atoms with Gasteiger partial charge in [-0.05, 0) is 17.7 Å². The molecule has 0 aliphatic rings. The largest absolute Gasteiger partial charge is 0.249 e. The van der Waals surface area contributed by atoms with Crippen molar-refractivity contribution in [2.24, 2.45) is 0 Å². The van der Waals surface area contributed by atoms with Crippen molar-refractivity contribution in [3.63, 3.8) is 0 Å². The van der Waals surface area contributed by atoms with Crippen molar-refractivity contribution in [2.75, 3.05) is 0 Å². The Bertz CT molecular complexity index is 695. The Kier molecular flexibility index (Phi) is 3.56. The second-order valence-corrected chi connectivity index (χ2v) is 4.96. The maximum atomic E-state index is 4.75. The molecule has 2 nitrogen and oxygen atoms in total. The van der Waals surface area contributed by atoms with Gasteiger partial charge in [0, 0.05) is 11.8 Å². The SMILES string of the molecule is BrCc1nc2ccccc2nc1Cc1ccccc1.